The minimum atomic E-state index is -0.671. The molecule has 0 unspecified atom stereocenters. The Labute approximate surface area is 821 Å². The van der Waals surface area contributed by atoms with Gasteiger partial charge >= 0.3 is 0 Å². The van der Waals surface area contributed by atoms with Gasteiger partial charge in [-0.05, 0) is 254 Å². The molecule has 0 saturated heterocycles. The summed E-state index contributed by atoms with van der Waals surface area (Å²) in [5.41, 5.74) is 27.3. The van der Waals surface area contributed by atoms with Crippen LogP contribution in [0.4, 0.5) is 22.7 Å². The first-order valence-electron chi connectivity index (χ1n) is 55.3. The normalized spacial score (nSPS) is 14.6. The molecule has 22 aromatic rings. The molecule has 2 aliphatic heterocycles. The number of benzene rings is 18. The van der Waals surface area contributed by atoms with Gasteiger partial charge in [0.1, 0.15) is 0 Å². The molecule has 18 aromatic carbocycles. The molecule has 136 heavy (non-hydrogen) atoms. The molecule has 0 saturated carbocycles. The van der Waals surface area contributed by atoms with Crippen LogP contribution < -0.4 is 26.2 Å². The van der Waals surface area contributed by atoms with Gasteiger partial charge in [0.2, 0.25) is 0 Å². The molecule has 0 amide bonds. The summed E-state index contributed by atoms with van der Waals surface area (Å²) in [4.78, 5) is 5.01. The Balaban J connectivity index is 0.846. The Bertz CT molecular complexity index is 9240. The lowest BCUT2D eigenvalue weighted by Crippen LogP contribution is -2.62. The third kappa shape index (κ3) is 14.4. The lowest BCUT2D eigenvalue weighted by atomic mass is 9.33. The molecule has 6 nitrogen and oxygen atoms in total. The number of rotatable bonds is 16. The minimum absolute atomic E-state index is 0.0342. The van der Waals surface area contributed by atoms with Crippen LogP contribution in [0.2, 0.25) is 0 Å². The first kappa shape index (κ1) is 67.9. The fourth-order valence-corrected chi connectivity index (χ4v) is 21.6. The van der Waals surface area contributed by atoms with Gasteiger partial charge in [-0.2, -0.15) is 0 Å². The van der Waals surface area contributed by atoms with Crippen LogP contribution in [0.3, 0.4) is 0 Å². The van der Waals surface area contributed by atoms with Crippen LogP contribution in [0.5, 0.6) is 0 Å². The second-order valence-electron chi connectivity index (χ2n) is 41.2. The molecule has 4 aromatic heterocycles. The Kier molecular flexibility index (Phi) is 16.1. The van der Waals surface area contributed by atoms with E-state index in [-0.39, 0.29) is 116 Å². The van der Waals surface area contributed by atoms with E-state index in [0.29, 0.717) is 28.7 Å². The standard InChI is InChI=1S/C129H111BN6/c1-126(2,3)91-56-62-113-105(71-91)106-72-92(127(4,5)6)57-63-114(106)131(113)79-85-55-61-112-122(68-85)134(82-110-103(89-42-24-16-25-43-89)75-94(129(10,11)12)76-104(110)90-44-26-17-27-45-90)124-70-86(69-123-125(124)130(112)111-60-54-84(66-83-36-18-13-19-37-83)67-121(111)133(123)81-109-101(87-38-20-14-21-39-87)73-93(128(7,8)9)74-102(109)88-40-22-15-23-41-88)80-132-115-64-58-95(135-117-50-32-28-46-97(117)98-47-29-33-51-118(98)135)77-107(115)108-78-96(59-65-116(108)132)136-119-52-34-30-48-99(119)100-49-31-35-53-120(100)136/h13-65,67-78H,66,79-82H2,1-12H3/i13D,18D,19D,28D,29D,32D,33D,36D,37D,46D,47D,50D,51D,58D,64D,77D. The summed E-state index contributed by atoms with van der Waals surface area (Å²) < 4.78 is 164. The molecule has 0 spiro atoms. The van der Waals surface area contributed by atoms with Gasteiger partial charge in [0.15, 0.2) is 0 Å². The second kappa shape index (κ2) is 32.3. The van der Waals surface area contributed by atoms with E-state index in [1.54, 1.807) is 0 Å². The fraction of sp³-hybridized carbons (Fsp3) is 0.163. The van der Waals surface area contributed by atoms with Crippen molar-refractivity contribution in [1.29, 1.82) is 0 Å². The van der Waals surface area contributed by atoms with Crippen LogP contribution in [0.15, 0.2) is 394 Å². The summed E-state index contributed by atoms with van der Waals surface area (Å²) in [5.74, 6) is 0. The average Bonchev–Trinajstić information content (AvgIpc) is 1.56. The number of anilines is 4. The molecule has 7 heteroatoms. The summed E-state index contributed by atoms with van der Waals surface area (Å²) in [7, 11) is 0. The summed E-state index contributed by atoms with van der Waals surface area (Å²) in [5, 5.41) is 4.52. The van der Waals surface area contributed by atoms with E-state index in [0.717, 1.165) is 150 Å². The topological polar surface area (TPSA) is 26.2 Å². The molecular formula is C129H111BN6. The van der Waals surface area contributed by atoms with Crippen molar-refractivity contribution in [2.24, 2.45) is 0 Å². The first-order valence-corrected chi connectivity index (χ1v) is 47.3. The SMILES string of the molecule is [2H]c1c([2H])c([2H])c(Cc2ccc3c(c2)N(Cc2c(-c4ccccc4)cc(C(C)(C)C)cc2-c2ccccc2)c2cc(Cn4c5ccc(-n6c7ccccc7c7ccccc76)cc5c5c([2H])c(-n6c7c([2H])c([2H])c([2H])c([2H])c7c7c([2H])c([2H])c([2H])c([2H])c76)c([2H])c([2H])c54)cc4c2B3c2ccc(Cn3c5ccc(C(C)(C)C)cc5c5cc(C(C)(C)C)ccc53)cc2N4Cc2c(-c3ccccc3)cc(C(C)(C)C)cc2-c2ccccc2)c([2H])c1[2H]. The molecule has 0 N–H and O–H groups in total. The number of hydrogen-bond acceptors (Lipinski definition) is 2. The van der Waals surface area contributed by atoms with Crippen molar-refractivity contribution < 1.29 is 21.9 Å². The van der Waals surface area contributed by atoms with E-state index in [4.69, 9.17) is 6.85 Å². The number of aromatic nitrogens is 4. The molecule has 6 heterocycles. The maximum absolute atomic E-state index is 11.3. The Hall–Kier alpha value is -15.2. The fourth-order valence-electron chi connectivity index (χ4n) is 21.6. The van der Waals surface area contributed by atoms with E-state index < -0.39 is 79.2 Å². The van der Waals surface area contributed by atoms with Gasteiger partial charge in [-0.3, -0.25) is 0 Å². The maximum atomic E-state index is 11.3. The smallest absolute Gasteiger partial charge is 0.252 e. The highest BCUT2D eigenvalue weighted by Crippen LogP contribution is 2.50. The van der Waals surface area contributed by atoms with Crippen molar-refractivity contribution >= 4 is 133 Å². The van der Waals surface area contributed by atoms with E-state index in [9.17, 15) is 15.1 Å². The van der Waals surface area contributed by atoms with Gasteiger partial charge in [-0.1, -0.05) is 368 Å². The summed E-state index contributed by atoms with van der Waals surface area (Å²) >= 11 is 0. The number of hydrogen-bond donors (Lipinski definition) is 0. The van der Waals surface area contributed by atoms with E-state index in [2.05, 4.69) is 351 Å². The Morgan fingerprint density at radius 2 is 0.640 bits per heavy atom. The van der Waals surface area contributed by atoms with Gasteiger partial charge in [0, 0.05) is 125 Å². The highest BCUT2D eigenvalue weighted by Gasteiger charge is 2.45. The van der Waals surface area contributed by atoms with Gasteiger partial charge in [0.25, 0.3) is 6.71 Å². The zero-order valence-electron chi connectivity index (χ0n) is 94.6. The van der Waals surface area contributed by atoms with Gasteiger partial charge in [-0.25, -0.2) is 0 Å². The van der Waals surface area contributed by atoms with E-state index in [1.807, 2.05) is 53.1 Å². The van der Waals surface area contributed by atoms with Crippen molar-refractivity contribution in [1.82, 2.24) is 18.3 Å². The molecule has 0 fully saturated rings. The summed E-state index contributed by atoms with van der Waals surface area (Å²) in [6.45, 7) is 27.5. The first-order chi connectivity index (χ1) is 72.6. The maximum Gasteiger partial charge on any atom is 0.252 e. The van der Waals surface area contributed by atoms with E-state index >= 15 is 0 Å². The van der Waals surface area contributed by atoms with Gasteiger partial charge < -0.3 is 28.1 Å². The highest BCUT2D eigenvalue weighted by molar-refractivity contribution is 7.00. The second-order valence-corrected chi connectivity index (χ2v) is 41.2. The number of fused-ring (bicyclic) bond motifs is 16. The number of nitrogens with zero attached hydrogens (tertiary/aromatic N) is 6. The van der Waals surface area contributed by atoms with Crippen molar-refractivity contribution in [2.75, 3.05) is 9.80 Å². The van der Waals surface area contributed by atoms with Crippen LogP contribution in [0.25, 0.3) is 143 Å². The molecule has 0 radical (unpaired) electrons. The average molecular weight is 1770 g/mol. The third-order valence-electron chi connectivity index (χ3n) is 28.6. The van der Waals surface area contributed by atoms with Crippen LogP contribution in [0, 0.1) is 0 Å². The van der Waals surface area contributed by atoms with Crippen molar-refractivity contribution in [2.45, 2.75) is 137 Å². The Morgan fingerprint density at radius 3 is 1.11 bits per heavy atom. The van der Waals surface area contributed by atoms with Crippen molar-refractivity contribution in [3.63, 3.8) is 0 Å². The molecule has 0 aliphatic carbocycles. The zero-order valence-corrected chi connectivity index (χ0v) is 78.6. The lowest BCUT2D eigenvalue weighted by Gasteiger charge is -2.45. The van der Waals surface area contributed by atoms with Crippen molar-refractivity contribution in [3.05, 3.63) is 450 Å². The van der Waals surface area contributed by atoms with Crippen LogP contribution in [0.1, 0.15) is 161 Å². The quantitative estimate of drug-likeness (QED) is 0.0901. The summed E-state index contributed by atoms with van der Waals surface area (Å²) in [6, 6.07) is 98.4. The molecule has 660 valence electrons. The third-order valence-corrected chi connectivity index (χ3v) is 28.6. The van der Waals surface area contributed by atoms with Crippen LogP contribution >= 0.6 is 0 Å². The monoisotopic (exact) mass is 1770 g/mol. The van der Waals surface area contributed by atoms with Crippen LogP contribution in [-0.4, -0.2) is 25.0 Å². The highest BCUT2D eigenvalue weighted by atomic mass is 15.2. The molecule has 24 rings (SSSR count). The zero-order chi connectivity index (χ0) is 106. The molecular weight excluding hydrogens is 1640 g/mol. The minimum Gasteiger partial charge on any atom is -0.338 e. The number of para-hydroxylation sites is 4. The summed E-state index contributed by atoms with van der Waals surface area (Å²) in [6.07, 6.45) is -0.0342. The van der Waals surface area contributed by atoms with Gasteiger partial charge in [-0.15, -0.1) is 0 Å². The Morgan fingerprint density at radius 1 is 0.250 bits per heavy atom. The molecule has 0 atom stereocenters. The predicted octanol–water partition coefficient (Wildman–Crippen LogP) is 31.5. The van der Waals surface area contributed by atoms with Crippen molar-refractivity contribution in [3.8, 4) is 55.9 Å². The lowest BCUT2D eigenvalue weighted by molar-refractivity contribution is 0.590. The van der Waals surface area contributed by atoms with Crippen LogP contribution in [-0.2, 0) is 54.3 Å². The van der Waals surface area contributed by atoms with Gasteiger partial charge in [0.05, 0.1) is 44.0 Å². The van der Waals surface area contributed by atoms with E-state index in [1.165, 1.54) is 26.5 Å². The molecule has 2 aliphatic rings. The molecule has 0 bridgehead atoms. The predicted molar refractivity (Wildman–Crippen MR) is 580 cm³/mol. The largest absolute Gasteiger partial charge is 0.338 e.